The summed E-state index contributed by atoms with van der Waals surface area (Å²) in [7, 11) is 0. The van der Waals surface area contributed by atoms with Crippen molar-refractivity contribution < 1.29 is 46.6 Å². The summed E-state index contributed by atoms with van der Waals surface area (Å²) in [6, 6.07) is 3.05. The topological polar surface area (TPSA) is 180 Å². The van der Waals surface area contributed by atoms with Crippen LogP contribution in [0.15, 0.2) is 36.8 Å². The number of aryl methyl sites for hydroxylation is 3. The molecule has 0 unspecified atom stereocenters. The number of aromatic hydroxyl groups is 3. The van der Waals surface area contributed by atoms with Crippen LogP contribution in [0.3, 0.4) is 0 Å². The van der Waals surface area contributed by atoms with E-state index in [0.717, 1.165) is 0 Å². The standard InChI is InChI=1S/3C5H6N2O2.Fe/c3*1-4-2-3-7(9)5(8)6-4;/h3*2-3H,1H3,(H,6,8);. The average molecular weight is 434 g/mol. The van der Waals surface area contributed by atoms with Crippen LogP contribution < -0.4 is 14.2 Å². The summed E-state index contributed by atoms with van der Waals surface area (Å²) < 4.78 is 0.896. The molecule has 0 aliphatic rings. The minimum absolute atomic E-state index is 0. The molecule has 0 bridgehead atoms. The molecule has 152 valence electrons. The Balaban J connectivity index is 0.000000384. The fourth-order valence-corrected chi connectivity index (χ4v) is 1.46. The van der Waals surface area contributed by atoms with Crippen LogP contribution in [0, 0.1) is 36.4 Å². The van der Waals surface area contributed by atoms with Crippen LogP contribution in [0.2, 0.25) is 0 Å². The SMILES string of the molecule is Cc1cc[n+]([O-])c(O)n1.Cc1cc[n+]([O-])c(O)n1.Cc1cc[n+]([O-])c(O)n1.[Fe]. The zero-order valence-electron chi connectivity index (χ0n) is 15.1. The van der Waals surface area contributed by atoms with Crippen molar-refractivity contribution in [2.75, 3.05) is 0 Å². The fraction of sp³-hybridized carbons (Fsp3) is 0.200. The first-order valence-electron chi connectivity index (χ1n) is 7.37. The van der Waals surface area contributed by atoms with E-state index in [-0.39, 0.29) is 17.1 Å². The first-order valence-corrected chi connectivity index (χ1v) is 7.37. The molecule has 0 aromatic carbocycles. The van der Waals surface area contributed by atoms with Gasteiger partial charge in [0, 0.05) is 56.0 Å². The van der Waals surface area contributed by atoms with Gasteiger partial charge in [-0.25, -0.2) is 14.2 Å². The zero-order chi connectivity index (χ0) is 20.6. The smallest absolute Gasteiger partial charge is 0.499 e. The first-order chi connectivity index (χ1) is 12.6. The second-order valence-corrected chi connectivity index (χ2v) is 5.08. The van der Waals surface area contributed by atoms with E-state index < -0.39 is 18.0 Å². The molecule has 0 amide bonds. The number of rotatable bonds is 0. The van der Waals surface area contributed by atoms with Gasteiger partial charge in [-0.05, 0) is 15.0 Å². The molecule has 0 atom stereocenters. The molecule has 3 N–H and O–H groups in total. The van der Waals surface area contributed by atoms with Gasteiger partial charge >= 0.3 is 18.0 Å². The first kappa shape index (κ1) is 24.6. The summed E-state index contributed by atoms with van der Waals surface area (Å²) in [4.78, 5) is 10.4. The molecular weight excluding hydrogens is 416 g/mol. The Morgan fingerprint density at radius 2 is 0.821 bits per heavy atom. The van der Waals surface area contributed by atoms with E-state index in [1.54, 1.807) is 20.8 Å². The van der Waals surface area contributed by atoms with Crippen molar-refractivity contribution in [2.45, 2.75) is 20.8 Å². The van der Waals surface area contributed by atoms with Crippen molar-refractivity contribution in [1.29, 1.82) is 0 Å². The largest absolute Gasteiger partial charge is 0.708 e. The van der Waals surface area contributed by atoms with E-state index in [2.05, 4.69) is 15.0 Å². The van der Waals surface area contributed by atoms with Crippen LogP contribution >= 0.6 is 0 Å². The number of aromatic nitrogens is 6. The van der Waals surface area contributed by atoms with E-state index in [1.807, 2.05) is 0 Å². The number of hydrogen-bond donors (Lipinski definition) is 3. The van der Waals surface area contributed by atoms with Crippen LogP contribution in [0.5, 0.6) is 18.0 Å². The van der Waals surface area contributed by atoms with Crippen LogP contribution in [0.25, 0.3) is 0 Å². The number of nitrogens with zero attached hydrogens (tertiary/aromatic N) is 6. The van der Waals surface area contributed by atoms with Crippen LogP contribution in [0.4, 0.5) is 0 Å². The number of hydrogen-bond acceptors (Lipinski definition) is 9. The molecular formula is C15H18FeN6O6. The Labute approximate surface area is 170 Å². The Hall–Kier alpha value is -3.44. The minimum Gasteiger partial charge on any atom is -0.708 e. The van der Waals surface area contributed by atoms with Crippen molar-refractivity contribution >= 4 is 0 Å². The van der Waals surface area contributed by atoms with Gasteiger partial charge < -0.3 is 30.9 Å². The monoisotopic (exact) mass is 434 g/mol. The summed E-state index contributed by atoms with van der Waals surface area (Å²) in [5, 5.41) is 57.0. The summed E-state index contributed by atoms with van der Waals surface area (Å²) in [6.45, 7) is 5.08. The average Bonchev–Trinajstić information content (AvgIpc) is 2.60. The van der Waals surface area contributed by atoms with Crippen LogP contribution in [-0.2, 0) is 17.1 Å². The maximum atomic E-state index is 10.4. The molecule has 0 spiro atoms. The molecule has 3 heterocycles. The van der Waals surface area contributed by atoms with Gasteiger partial charge in [0.2, 0.25) is 0 Å². The molecule has 28 heavy (non-hydrogen) atoms. The third-order valence-corrected chi connectivity index (χ3v) is 2.77. The Kier molecular flexibility index (Phi) is 9.92. The molecule has 0 fully saturated rings. The van der Waals surface area contributed by atoms with Gasteiger partial charge in [0.1, 0.15) is 18.6 Å². The van der Waals surface area contributed by atoms with E-state index >= 15 is 0 Å². The van der Waals surface area contributed by atoms with Gasteiger partial charge in [-0.15, -0.1) is 0 Å². The molecule has 3 rings (SSSR count). The van der Waals surface area contributed by atoms with Gasteiger partial charge in [-0.2, -0.15) is 0 Å². The molecule has 3 aromatic rings. The van der Waals surface area contributed by atoms with Gasteiger partial charge in [0.15, 0.2) is 17.1 Å². The molecule has 0 saturated carbocycles. The fourth-order valence-electron chi connectivity index (χ4n) is 1.46. The maximum absolute atomic E-state index is 10.4. The molecule has 12 nitrogen and oxygen atoms in total. The van der Waals surface area contributed by atoms with E-state index in [0.29, 0.717) is 31.3 Å². The van der Waals surface area contributed by atoms with Crippen molar-refractivity contribution in [3.8, 4) is 18.0 Å². The zero-order valence-corrected chi connectivity index (χ0v) is 16.2. The normalized spacial score (nSPS) is 9.11. The Bertz CT molecular complexity index is 797. The minimum atomic E-state index is -0.505. The summed E-state index contributed by atoms with van der Waals surface area (Å²) >= 11 is 0. The van der Waals surface area contributed by atoms with Gasteiger partial charge in [0.05, 0.1) is 0 Å². The third-order valence-electron chi connectivity index (χ3n) is 2.77. The van der Waals surface area contributed by atoms with E-state index in [4.69, 9.17) is 15.3 Å². The van der Waals surface area contributed by atoms with Crippen LogP contribution in [0.1, 0.15) is 17.1 Å². The van der Waals surface area contributed by atoms with E-state index in [1.165, 1.54) is 36.8 Å². The molecule has 13 heteroatoms. The molecule has 0 saturated heterocycles. The van der Waals surface area contributed by atoms with Crippen molar-refractivity contribution in [2.24, 2.45) is 0 Å². The van der Waals surface area contributed by atoms with Gasteiger partial charge in [-0.3, -0.25) is 0 Å². The van der Waals surface area contributed by atoms with Crippen molar-refractivity contribution in [3.63, 3.8) is 0 Å². The maximum Gasteiger partial charge on any atom is 0.499 e. The quantitative estimate of drug-likeness (QED) is 0.232. The van der Waals surface area contributed by atoms with Crippen LogP contribution in [-0.4, -0.2) is 30.3 Å². The molecule has 0 radical (unpaired) electrons. The third kappa shape index (κ3) is 8.29. The second kappa shape index (κ2) is 11.3. The summed E-state index contributed by atoms with van der Waals surface area (Å²) in [5.41, 5.74) is 1.87. The Morgan fingerprint density at radius 3 is 0.964 bits per heavy atom. The Morgan fingerprint density at radius 1 is 0.607 bits per heavy atom. The van der Waals surface area contributed by atoms with Crippen molar-refractivity contribution in [3.05, 3.63) is 69.5 Å². The summed E-state index contributed by atoms with van der Waals surface area (Å²) in [6.07, 6.45) is 3.62. The molecule has 0 aliphatic heterocycles. The molecule has 0 aliphatic carbocycles. The van der Waals surface area contributed by atoms with Crippen molar-refractivity contribution in [1.82, 2.24) is 15.0 Å². The van der Waals surface area contributed by atoms with Gasteiger partial charge in [0.25, 0.3) is 0 Å². The van der Waals surface area contributed by atoms with Gasteiger partial charge in [-0.1, -0.05) is 0 Å². The predicted molar refractivity (Wildman–Crippen MR) is 88.8 cm³/mol. The van der Waals surface area contributed by atoms with E-state index in [9.17, 15) is 15.6 Å². The predicted octanol–water partition coefficient (Wildman–Crippen LogP) is -0.815. The molecule has 3 aromatic heterocycles. The second-order valence-electron chi connectivity index (χ2n) is 5.08. The summed E-state index contributed by atoms with van der Waals surface area (Å²) in [5.74, 6) is 0.